The van der Waals surface area contributed by atoms with Crippen molar-refractivity contribution in [1.29, 1.82) is 0 Å². The largest absolute Gasteiger partial charge is 0.387 e. The molecule has 24 heavy (non-hydrogen) atoms. The summed E-state index contributed by atoms with van der Waals surface area (Å²) < 4.78 is 2.19. The van der Waals surface area contributed by atoms with Crippen LogP contribution in [0.4, 0.5) is 0 Å². The highest BCUT2D eigenvalue weighted by atomic mass is 35.5. The maximum absolute atomic E-state index is 11.4. The molecule has 0 fully saturated rings. The quantitative estimate of drug-likeness (QED) is 0.731. The van der Waals surface area contributed by atoms with Crippen LogP contribution in [0.15, 0.2) is 30.6 Å². The number of hydrogen-bond acceptors (Lipinski definition) is 3. The molecule has 2 unspecified atom stereocenters. The molecular formula is C18H26ClN3OS. The van der Waals surface area contributed by atoms with Gasteiger partial charge in [-0.15, -0.1) is 0 Å². The van der Waals surface area contributed by atoms with E-state index in [-0.39, 0.29) is 5.41 Å². The predicted molar refractivity (Wildman–Crippen MR) is 101 cm³/mol. The second-order valence-electron chi connectivity index (χ2n) is 7.68. The van der Waals surface area contributed by atoms with Crippen LogP contribution < -0.4 is 0 Å². The lowest BCUT2D eigenvalue weighted by molar-refractivity contribution is -0.0893. The maximum atomic E-state index is 11.4. The van der Waals surface area contributed by atoms with E-state index in [0.29, 0.717) is 23.7 Å². The number of aliphatic hydroxyl groups is 1. The predicted octanol–water partition coefficient (Wildman–Crippen LogP) is 4.64. The van der Waals surface area contributed by atoms with Crippen molar-refractivity contribution < 1.29 is 5.11 Å². The van der Waals surface area contributed by atoms with Gasteiger partial charge in [0.05, 0.1) is 12.1 Å². The van der Waals surface area contributed by atoms with E-state index in [9.17, 15) is 5.11 Å². The van der Waals surface area contributed by atoms with E-state index in [1.165, 1.54) is 5.56 Å². The molecule has 0 radical (unpaired) electrons. The van der Waals surface area contributed by atoms with E-state index in [1.807, 2.05) is 18.2 Å². The van der Waals surface area contributed by atoms with E-state index < -0.39 is 5.60 Å². The normalized spacial score (nSPS) is 15.9. The Morgan fingerprint density at radius 2 is 2.08 bits per heavy atom. The first-order chi connectivity index (χ1) is 11.1. The van der Waals surface area contributed by atoms with Gasteiger partial charge in [-0.2, -0.15) is 5.10 Å². The van der Waals surface area contributed by atoms with Gasteiger partial charge >= 0.3 is 0 Å². The fourth-order valence-electron chi connectivity index (χ4n) is 2.96. The molecule has 1 aromatic heterocycles. The van der Waals surface area contributed by atoms with Crippen LogP contribution in [0.25, 0.3) is 0 Å². The third-order valence-electron chi connectivity index (χ3n) is 4.59. The fraction of sp³-hybridized carbons (Fsp3) is 0.556. The molecule has 6 heteroatoms. The third kappa shape index (κ3) is 4.68. The summed E-state index contributed by atoms with van der Waals surface area (Å²) in [6, 6.07) is 7.89. The number of benzene rings is 1. The molecule has 0 saturated heterocycles. The third-order valence-corrected chi connectivity index (χ3v) is 5.15. The monoisotopic (exact) mass is 367 g/mol. The molecular weight excluding hydrogens is 342 g/mol. The summed E-state index contributed by atoms with van der Waals surface area (Å²) in [7, 11) is 0. The maximum Gasteiger partial charge on any atom is 0.195 e. The van der Waals surface area contributed by atoms with E-state index in [4.69, 9.17) is 23.8 Å². The number of halogens is 1. The minimum atomic E-state index is -0.918. The van der Waals surface area contributed by atoms with Crippen LogP contribution in [0.5, 0.6) is 0 Å². The molecule has 0 saturated carbocycles. The molecule has 1 heterocycles. The minimum Gasteiger partial charge on any atom is -0.387 e. The van der Waals surface area contributed by atoms with Gasteiger partial charge in [0, 0.05) is 5.02 Å². The molecule has 2 rings (SSSR count). The summed E-state index contributed by atoms with van der Waals surface area (Å²) in [6.45, 7) is 8.68. The van der Waals surface area contributed by atoms with Crippen molar-refractivity contribution in [2.45, 2.75) is 52.7 Å². The Kier molecular flexibility index (Phi) is 5.89. The van der Waals surface area contributed by atoms with Crippen molar-refractivity contribution in [2.24, 2.45) is 11.3 Å². The first-order valence-corrected chi connectivity index (χ1v) is 8.97. The molecule has 2 aromatic rings. The number of aromatic nitrogens is 3. The zero-order chi connectivity index (χ0) is 18.0. The minimum absolute atomic E-state index is 0.292. The molecule has 1 aromatic carbocycles. The van der Waals surface area contributed by atoms with Crippen molar-refractivity contribution in [2.75, 3.05) is 0 Å². The van der Waals surface area contributed by atoms with Gasteiger partial charge < -0.3 is 10.1 Å². The molecule has 132 valence electrons. The van der Waals surface area contributed by atoms with Gasteiger partial charge in [-0.25, -0.2) is 4.68 Å². The standard InChI is InChI=1S/C18H26ClN3OS/c1-13(8-14-6-5-7-15(19)9-14)10-18(23,17(2,3)4)11-22-16(24)20-12-21-22/h5-7,9,12-13,23H,8,10-11H2,1-4H3,(H,20,21,24). The van der Waals surface area contributed by atoms with E-state index in [1.54, 1.807) is 11.0 Å². The first-order valence-electron chi connectivity index (χ1n) is 8.18. The Bertz CT molecular complexity index is 734. The topological polar surface area (TPSA) is 53.8 Å². The molecule has 2 N–H and O–H groups in total. The number of nitrogens with zero attached hydrogens (tertiary/aromatic N) is 2. The molecule has 0 aliphatic carbocycles. The summed E-state index contributed by atoms with van der Waals surface area (Å²) in [5, 5.41) is 16.3. The van der Waals surface area contributed by atoms with Crippen LogP contribution in [-0.2, 0) is 13.0 Å². The lowest BCUT2D eigenvalue weighted by atomic mass is 9.71. The van der Waals surface area contributed by atoms with E-state index >= 15 is 0 Å². The van der Waals surface area contributed by atoms with Gasteiger partial charge in [-0.05, 0) is 54.1 Å². The smallest absolute Gasteiger partial charge is 0.195 e. The van der Waals surface area contributed by atoms with E-state index in [0.717, 1.165) is 11.4 Å². The number of H-pyrrole nitrogens is 1. The molecule has 0 spiro atoms. The zero-order valence-corrected chi connectivity index (χ0v) is 16.3. The molecule has 0 aliphatic rings. The Balaban J connectivity index is 2.16. The highest BCUT2D eigenvalue weighted by Gasteiger charge is 2.41. The fourth-order valence-corrected chi connectivity index (χ4v) is 3.34. The number of aromatic amines is 1. The highest BCUT2D eigenvalue weighted by Crippen LogP contribution is 2.37. The van der Waals surface area contributed by atoms with Crippen LogP contribution in [-0.4, -0.2) is 25.5 Å². The van der Waals surface area contributed by atoms with Gasteiger partial charge in [0.15, 0.2) is 4.77 Å². The SMILES string of the molecule is CC(Cc1cccc(Cl)c1)CC(O)(Cn1nc[nH]c1=S)C(C)(C)C. The Hall–Kier alpha value is -1.17. The molecule has 0 aliphatic heterocycles. The van der Waals surface area contributed by atoms with Crippen molar-refractivity contribution in [3.8, 4) is 0 Å². The molecule has 4 nitrogen and oxygen atoms in total. The van der Waals surface area contributed by atoms with Crippen molar-refractivity contribution in [3.63, 3.8) is 0 Å². The Morgan fingerprint density at radius 1 is 1.38 bits per heavy atom. The highest BCUT2D eigenvalue weighted by molar-refractivity contribution is 7.71. The first kappa shape index (κ1) is 19.2. The number of nitrogens with one attached hydrogen (secondary N) is 1. The van der Waals surface area contributed by atoms with Gasteiger partial charge in [-0.3, -0.25) is 0 Å². The van der Waals surface area contributed by atoms with Gasteiger partial charge in [0.25, 0.3) is 0 Å². The van der Waals surface area contributed by atoms with Gasteiger partial charge in [-0.1, -0.05) is 51.4 Å². The number of rotatable bonds is 6. The van der Waals surface area contributed by atoms with Gasteiger partial charge in [0.2, 0.25) is 0 Å². The van der Waals surface area contributed by atoms with Gasteiger partial charge in [0.1, 0.15) is 6.33 Å². The van der Waals surface area contributed by atoms with Crippen LogP contribution in [0.3, 0.4) is 0 Å². The van der Waals surface area contributed by atoms with Crippen LogP contribution in [0.2, 0.25) is 5.02 Å². The van der Waals surface area contributed by atoms with Crippen molar-refractivity contribution in [3.05, 3.63) is 45.9 Å². The molecule has 0 amide bonds. The summed E-state index contributed by atoms with van der Waals surface area (Å²) >= 11 is 11.3. The summed E-state index contributed by atoms with van der Waals surface area (Å²) in [5.74, 6) is 0.292. The van der Waals surface area contributed by atoms with E-state index in [2.05, 4.69) is 43.8 Å². The van der Waals surface area contributed by atoms with Crippen molar-refractivity contribution in [1.82, 2.24) is 14.8 Å². The average Bonchev–Trinajstić information content (AvgIpc) is 2.82. The second kappa shape index (κ2) is 7.38. The summed E-state index contributed by atoms with van der Waals surface area (Å²) in [6.07, 6.45) is 3.07. The van der Waals surface area contributed by atoms with Crippen LogP contribution >= 0.6 is 23.8 Å². The summed E-state index contributed by atoms with van der Waals surface area (Å²) in [5.41, 5.74) is -0.0375. The number of hydrogen-bond donors (Lipinski definition) is 2. The molecule has 0 bridgehead atoms. The van der Waals surface area contributed by atoms with Crippen molar-refractivity contribution >= 4 is 23.8 Å². The van der Waals surface area contributed by atoms with Crippen LogP contribution in [0.1, 0.15) is 39.7 Å². The lowest BCUT2D eigenvalue weighted by Gasteiger charge is -2.42. The van der Waals surface area contributed by atoms with Crippen LogP contribution in [0, 0.1) is 16.1 Å². The summed E-state index contributed by atoms with van der Waals surface area (Å²) in [4.78, 5) is 2.88. The Morgan fingerprint density at radius 3 is 2.62 bits per heavy atom. The zero-order valence-electron chi connectivity index (χ0n) is 14.7. The molecule has 2 atom stereocenters. The second-order valence-corrected chi connectivity index (χ2v) is 8.50. The lowest BCUT2D eigenvalue weighted by Crippen LogP contribution is -2.48. The average molecular weight is 368 g/mol. The Labute approximate surface area is 153 Å².